The van der Waals surface area contributed by atoms with Crippen molar-refractivity contribution in [1.29, 1.82) is 0 Å². The van der Waals surface area contributed by atoms with Crippen molar-refractivity contribution in [2.75, 3.05) is 19.0 Å². The van der Waals surface area contributed by atoms with Gasteiger partial charge in [-0.3, -0.25) is 4.79 Å². The largest absolute Gasteiger partial charge is 0.444 e. The fourth-order valence-electron chi connectivity index (χ4n) is 3.16. The lowest BCUT2D eigenvalue weighted by atomic mass is 9.63. The fraction of sp³-hybridized carbons (Fsp3) is 0.889. The Labute approximate surface area is 151 Å². The van der Waals surface area contributed by atoms with E-state index in [1.54, 1.807) is 4.90 Å². The number of hydrogen-bond donors (Lipinski definition) is 1. The van der Waals surface area contributed by atoms with Crippen LogP contribution in [0.3, 0.4) is 0 Å². The number of carbonyl (C=O) groups is 2. The monoisotopic (exact) mass is 360 g/mol. The van der Waals surface area contributed by atoms with Crippen LogP contribution in [0.4, 0.5) is 4.79 Å². The SMILES string of the molecule is CC(C)(C)OC(=O)N1CCC(C(C)(C)C(C)(C)NC(=O)CCl)CC1. The maximum Gasteiger partial charge on any atom is 0.410 e. The zero-order chi connectivity index (χ0) is 18.8. The van der Waals surface area contributed by atoms with Gasteiger partial charge < -0.3 is 15.0 Å². The van der Waals surface area contributed by atoms with Crippen LogP contribution in [-0.4, -0.2) is 47.0 Å². The average Bonchev–Trinajstić information content (AvgIpc) is 2.44. The molecule has 1 N–H and O–H groups in total. The lowest BCUT2D eigenvalue weighted by molar-refractivity contribution is -0.122. The number of halogens is 1. The van der Waals surface area contributed by atoms with Gasteiger partial charge in [-0.05, 0) is 58.8 Å². The molecule has 0 bridgehead atoms. The molecule has 1 saturated heterocycles. The summed E-state index contributed by atoms with van der Waals surface area (Å²) in [7, 11) is 0. The van der Waals surface area contributed by atoms with Gasteiger partial charge in [0.05, 0.1) is 0 Å². The molecular formula is C18H33ClN2O3. The summed E-state index contributed by atoms with van der Waals surface area (Å²) in [6.07, 6.45) is 1.55. The number of piperidine rings is 1. The predicted octanol–water partition coefficient (Wildman–Crippen LogP) is 3.79. The number of amides is 2. The first-order chi connectivity index (χ1) is 10.8. The molecule has 1 aliphatic heterocycles. The molecule has 1 rings (SSSR count). The van der Waals surface area contributed by atoms with E-state index in [9.17, 15) is 9.59 Å². The fourth-order valence-corrected chi connectivity index (χ4v) is 3.23. The molecule has 1 fully saturated rings. The van der Waals surface area contributed by atoms with E-state index in [-0.39, 0.29) is 28.8 Å². The van der Waals surface area contributed by atoms with Gasteiger partial charge in [-0.25, -0.2) is 4.79 Å². The second kappa shape index (κ2) is 7.51. The third-order valence-electron chi connectivity index (χ3n) is 5.35. The van der Waals surface area contributed by atoms with Gasteiger partial charge in [-0.2, -0.15) is 0 Å². The van der Waals surface area contributed by atoms with Crippen molar-refractivity contribution in [2.24, 2.45) is 11.3 Å². The Balaban J connectivity index is 2.68. The summed E-state index contributed by atoms with van der Waals surface area (Å²) in [5.74, 6) is 0.221. The second-order valence-electron chi connectivity index (χ2n) is 8.77. The van der Waals surface area contributed by atoms with E-state index in [2.05, 4.69) is 19.2 Å². The average molecular weight is 361 g/mol. The van der Waals surface area contributed by atoms with E-state index in [1.807, 2.05) is 34.6 Å². The quantitative estimate of drug-likeness (QED) is 0.776. The van der Waals surface area contributed by atoms with E-state index in [1.165, 1.54) is 0 Å². The summed E-state index contributed by atoms with van der Waals surface area (Å²) in [5, 5.41) is 3.03. The molecule has 0 aromatic rings. The van der Waals surface area contributed by atoms with Gasteiger partial charge in [-0.1, -0.05) is 13.8 Å². The van der Waals surface area contributed by atoms with Crippen LogP contribution in [0.2, 0.25) is 0 Å². The zero-order valence-corrected chi connectivity index (χ0v) is 16.9. The van der Waals surface area contributed by atoms with Crippen LogP contribution in [0.5, 0.6) is 0 Å². The van der Waals surface area contributed by atoms with Gasteiger partial charge in [0.2, 0.25) is 5.91 Å². The first-order valence-electron chi connectivity index (χ1n) is 8.65. The highest BCUT2D eigenvalue weighted by Crippen LogP contribution is 2.43. The molecule has 0 aromatic heterocycles. The molecule has 0 unspecified atom stereocenters. The van der Waals surface area contributed by atoms with Crippen LogP contribution < -0.4 is 5.32 Å². The molecule has 0 spiro atoms. The van der Waals surface area contributed by atoms with Crippen molar-refractivity contribution in [1.82, 2.24) is 10.2 Å². The first-order valence-corrected chi connectivity index (χ1v) is 9.18. The zero-order valence-electron chi connectivity index (χ0n) is 16.2. The Bertz CT molecular complexity index is 461. The number of rotatable bonds is 4. The highest BCUT2D eigenvalue weighted by molar-refractivity contribution is 6.27. The molecule has 5 nitrogen and oxygen atoms in total. The van der Waals surface area contributed by atoms with E-state index < -0.39 is 5.60 Å². The number of alkyl halides is 1. The van der Waals surface area contributed by atoms with E-state index in [4.69, 9.17) is 16.3 Å². The molecule has 24 heavy (non-hydrogen) atoms. The Morgan fingerprint density at radius 2 is 1.58 bits per heavy atom. The normalized spacial score (nSPS) is 17.6. The maximum atomic E-state index is 12.2. The van der Waals surface area contributed by atoms with Crippen molar-refractivity contribution in [2.45, 2.75) is 72.4 Å². The number of nitrogens with one attached hydrogen (secondary N) is 1. The first kappa shape index (κ1) is 21.1. The Hall–Kier alpha value is -0.970. The third kappa shape index (κ3) is 5.27. The van der Waals surface area contributed by atoms with Gasteiger partial charge in [0, 0.05) is 18.6 Å². The maximum absolute atomic E-state index is 12.2. The van der Waals surface area contributed by atoms with Crippen LogP contribution >= 0.6 is 11.6 Å². The van der Waals surface area contributed by atoms with Gasteiger partial charge in [0.15, 0.2) is 0 Å². The number of carbonyl (C=O) groups excluding carboxylic acids is 2. The molecule has 0 aromatic carbocycles. The summed E-state index contributed by atoms with van der Waals surface area (Å²) in [5.41, 5.74) is -0.965. The molecule has 1 heterocycles. The molecule has 0 saturated carbocycles. The van der Waals surface area contributed by atoms with Crippen molar-refractivity contribution < 1.29 is 14.3 Å². The van der Waals surface area contributed by atoms with Gasteiger partial charge in [-0.15, -0.1) is 11.6 Å². The molecule has 140 valence electrons. The van der Waals surface area contributed by atoms with Crippen molar-refractivity contribution >= 4 is 23.6 Å². The summed E-state index contributed by atoms with van der Waals surface area (Å²) in [4.78, 5) is 25.7. The van der Waals surface area contributed by atoms with Crippen LogP contribution in [0.15, 0.2) is 0 Å². The Morgan fingerprint density at radius 1 is 1.08 bits per heavy atom. The van der Waals surface area contributed by atoms with Gasteiger partial charge in [0.25, 0.3) is 0 Å². The summed E-state index contributed by atoms with van der Waals surface area (Å²) >= 11 is 5.63. The molecule has 6 heteroatoms. The third-order valence-corrected chi connectivity index (χ3v) is 5.59. The highest BCUT2D eigenvalue weighted by Gasteiger charge is 2.45. The van der Waals surface area contributed by atoms with E-state index in [0.717, 1.165) is 12.8 Å². The minimum Gasteiger partial charge on any atom is -0.444 e. The Morgan fingerprint density at radius 3 is 2.00 bits per heavy atom. The van der Waals surface area contributed by atoms with E-state index >= 15 is 0 Å². The van der Waals surface area contributed by atoms with Crippen molar-refractivity contribution in [3.63, 3.8) is 0 Å². The number of likely N-dealkylation sites (tertiary alicyclic amines) is 1. The molecule has 0 atom stereocenters. The summed E-state index contributed by atoms with van der Waals surface area (Å²) in [6, 6.07) is 0. The number of nitrogens with zero attached hydrogens (tertiary/aromatic N) is 1. The molecular weight excluding hydrogens is 328 g/mol. The smallest absolute Gasteiger partial charge is 0.410 e. The molecule has 0 radical (unpaired) electrons. The van der Waals surface area contributed by atoms with Gasteiger partial charge in [0.1, 0.15) is 11.5 Å². The Kier molecular flexibility index (Phi) is 6.59. The lowest BCUT2D eigenvalue weighted by Crippen LogP contribution is -2.58. The van der Waals surface area contributed by atoms with Crippen LogP contribution in [0, 0.1) is 11.3 Å². The number of hydrogen-bond acceptors (Lipinski definition) is 3. The highest BCUT2D eigenvalue weighted by atomic mass is 35.5. The van der Waals surface area contributed by atoms with Crippen LogP contribution in [-0.2, 0) is 9.53 Å². The van der Waals surface area contributed by atoms with Crippen LogP contribution in [0.25, 0.3) is 0 Å². The topological polar surface area (TPSA) is 58.6 Å². The summed E-state index contributed by atoms with van der Waals surface area (Å²) in [6.45, 7) is 15.4. The minimum absolute atomic E-state index is 0.0312. The molecule has 0 aliphatic carbocycles. The van der Waals surface area contributed by atoms with Crippen LogP contribution in [0.1, 0.15) is 61.3 Å². The lowest BCUT2D eigenvalue weighted by Gasteiger charge is -2.49. The predicted molar refractivity (Wildman–Crippen MR) is 97.3 cm³/mol. The standard InChI is InChI=1S/C18H33ClN2O3/c1-16(2,3)24-15(23)21-10-8-13(9-11-21)17(4,5)18(6,7)20-14(22)12-19/h13H,8-12H2,1-7H3,(H,20,22). The minimum atomic E-state index is -0.471. The second-order valence-corrected chi connectivity index (χ2v) is 9.04. The molecule has 2 amide bonds. The molecule has 1 aliphatic rings. The van der Waals surface area contributed by atoms with Crippen molar-refractivity contribution in [3.05, 3.63) is 0 Å². The summed E-state index contributed by atoms with van der Waals surface area (Å²) < 4.78 is 5.45. The van der Waals surface area contributed by atoms with E-state index in [0.29, 0.717) is 19.0 Å². The van der Waals surface area contributed by atoms with Crippen molar-refractivity contribution in [3.8, 4) is 0 Å². The van der Waals surface area contributed by atoms with Gasteiger partial charge >= 0.3 is 6.09 Å². The number of ether oxygens (including phenoxy) is 1.